The molecule has 0 aliphatic carbocycles. The number of aromatic nitrogens is 2. The van der Waals surface area contributed by atoms with E-state index in [1.165, 1.54) is 17.4 Å². The molecule has 0 unspecified atom stereocenters. The van der Waals surface area contributed by atoms with Gasteiger partial charge in [-0.1, -0.05) is 0 Å². The Balaban J connectivity index is 1.76. The van der Waals surface area contributed by atoms with E-state index in [-0.39, 0.29) is 6.61 Å². The first-order valence-corrected chi connectivity index (χ1v) is 8.15. The van der Waals surface area contributed by atoms with Crippen molar-refractivity contribution in [1.82, 2.24) is 9.38 Å². The zero-order valence-corrected chi connectivity index (χ0v) is 13.2. The summed E-state index contributed by atoms with van der Waals surface area (Å²) < 4.78 is 28.3. The van der Waals surface area contributed by atoms with Gasteiger partial charge in [-0.2, -0.15) is 0 Å². The summed E-state index contributed by atoms with van der Waals surface area (Å²) in [5.74, 6) is -1.76. The van der Waals surface area contributed by atoms with Crippen LogP contribution in [0, 0.1) is 11.6 Å². The number of rotatable bonds is 3. The summed E-state index contributed by atoms with van der Waals surface area (Å²) in [6.07, 6.45) is 3.71. The van der Waals surface area contributed by atoms with E-state index in [4.69, 9.17) is 0 Å². The largest absolute Gasteiger partial charge is 0.391 e. The number of aliphatic hydroxyl groups excluding tert-OH is 1. The van der Waals surface area contributed by atoms with Gasteiger partial charge in [-0.3, -0.25) is 0 Å². The number of aliphatic hydroxyl groups is 1. The standard InChI is InChI=1S/C18H12F2N2OS/c19-15-3-1-11(6-16(15)20)17-8-22-7-12(2-4-18(22)21-17)13-5-14(9-23)24-10-13/h1-8,10,23H,9H2. The van der Waals surface area contributed by atoms with Crippen LogP contribution < -0.4 is 0 Å². The highest BCUT2D eigenvalue weighted by Crippen LogP contribution is 2.27. The topological polar surface area (TPSA) is 37.5 Å². The van der Waals surface area contributed by atoms with Crippen LogP contribution in [0.3, 0.4) is 0 Å². The predicted molar refractivity (Wildman–Crippen MR) is 89.8 cm³/mol. The van der Waals surface area contributed by atoms with Crippen LogP contribution in [-0.2, 0) is 6.61 Å². The van der Waals surface area contributed by atoms with Crippen molar-refractivity contribution in [3.8, 4) is 22.4 Å². The van der Waals surface area contributed by atoms with Crippen molar-refractivity contribution < 1.29 is 13.9 Å². The second-order valence-electron chi connectivity index (χ2n) is 5.40. The fraction of sp³-hybridized carbons (Fsp3) is 0.0556. The second kappa shape index (κ2) is 5.81. The number of hydrogen-bond donors (Lipinski definition) is 1. The van der Waals surface area contributed by atoms with Crippen molar-refractivity contribution in [2.45, 2.75) is 6.61 Å². The lowest BCUT2D eigenvalue weighted by Crippen LogP contribution is -1.85. The minimum Gasteiger partial charge on any atom is -0.391 e. The average Bonchev–Trinajstić information content (AvgIpc) is 3.22. The van der Waals surface area contributed by atoms with E-state index < -0.39 is 11.6 Å². The van der Waals surface area contributed by atoms with Crippen molar-refractivity contribution in [3.63, 3.8) is 0 Å². The number of fused-ring (bicyclic) bond motifs is 1. The Morgan fingerprint density at radius 2 is 1.79 bits per heavy atom. The molecule has 3 aromatic heterocycles. The van der Waals surface area contributed by atoms with E-state index in [9.17, 15) is 13.9 Å². The number of pyridine rings is 1. The fourth-order valence-electron chi connectivity index (χ4n) is 2.57. The number of nitrogens with zero attached hydrogens (tertiary/aromatic N) is 2. The van der Waals surface area contributed by atoms with Crippen LogP contribution in [0.1, 0.15) is 4.88 Å². The van der Waals surface area contributed by atoms with Crippen LogP contribution in [0.2, 0.25) is 0 Å². The van der Waals surface area contributed by atoms with Gasteiger partial charge >= 0.3 is 0 Å². The van der Waals surface area contributed by atoms with Gasteiger partial charge in [0.15, 0.2) is 11.6 Å². The van der Waals surface area contributed by atoms with Crippen LogP contribution in [0.4, 0.5) is 8.78 Å². The highest BCUT2D eigenvalue weighted by Gasteiger charge is 2.09. The maximum Gasteiger partial charge on any atom is 0.159 e. The number of benzene rings is 1. The lowest BCUT2D eigenvalue weighted by Gasteiger charge is -1.99. The lowest BCUT2D eigenvalue weighted by atomic mass is 10.1. The number of thiophene rings is 1. The fourth-order valence-corrected chi connectivity index (χ4v) is 3.32. The SMILES string of the molecule is OCc1cc(-c2ccc3nc(-c4ccc(F)c(F)c4)cn3c2)cs1. The predicted octanol–water partition coefficient (Wildman–Crippen LogP) is 4.50. The Hall–Kier alpha value is -2.57. The highest BCUT2D eigenvalue weighted by atomic mass is 32.1. The van der Waals surface area contributed by atoms with Crippen molar-refractivity contribution in [2.24, 2.45) is 0 Å². The van der Waals surface area contributed by atoms with E-state index in [1.807, 2.05) is 34.2 Å². The molecular weight excluding hydrogens is 330 g/mol. The van der Waals surface area contributed by atoms with Gasteiger partial charge in [0.25, 0.3) is 0 Å². The summed E-state index contributed by atoms with van der Waals surface area (Å²) in [6.45, 7) is 0.0261. The van der Waals surface area contributed by atoms with Gasteiger partial charge in [0.2, 0.25) is 0 Å². The van der Waals surface area contributed by atoms with Crippen LogP contribution >= 0.6 is 11.3 Å². The molecule has 0 amide bonds. The Labute approximate surface area is 140 Å². The van der Waals surface area contributed by atoms with Gasteiger partial charge < -0.3 is 9.51 Å². The van der Waals surface area contributed by atoms with E-state index >= 15 is 0 Å². The Morgan fingerprint density at radius 3 is 2.54 bits per heavy atom. The quantitative estimate of drug-likeness (QED) is 0.595. The molecule has 4 aromatic rings. The van der Waals surface area contributed by atoms with Crippen LogP contribution in [0.15, 0.2) is 54.2 Å². The molecule has 120 valence electrons. The minimum absolute atomic E-state index is 0.0261. The summed E-state index contributed by atoms with van der Waals surface area (Å²) in [4.78, 5) is 5.35. The van der Waals surface area contributed by atoms with Gasteiger partial charge in [0.1, 0.15) is 5.65 Å². The van der Waals surface area contributed by atoms with Gasteiger partial charge in [-0.25, -0.2) is 13.8 Å². The second-order valence-corrected chi connectivity index (χ2v) is 6.39. The zero-order chi connectivity index (χ0) is 16.7. The van der Waals surface area contributed by atoms with Crippen LogP contribution in [-0.4, -0.2) is 14.5 Å². The molecule has 0 saturated carbocycles. The molecule has 4 rings (SSSR count). The first-order valence-electron chi connectivity index (χ1n) is 7.27. The Bertz CT molecular complexity index is 1040. The molecule has 0 atom stereocenters. The molecule has 0 aliphatic rings. The summed E-state index contributed by atoms with van der Waals surface area (Å²) >= 11 is 1.50. The molecule has 0 bridgehead atoms. The molecule has 3 heterocycles. The lowest BCUT2D eigenvalue weighted by molar-refractivity contribution is 0.285. The molecule has 1 aromatic carbocycles. The molecular formula is C18H12F2N2OS. The molecule has 0 spiro atoms. The summed E-state index contributed by atoms with van der Waals surface area (Å²) in [5, 5.41) is 11.2. The Kier molecular flexibility index (Phi) is 3.63. The maximum atomic E-state index is 13.4. The maximum absolute atomic E-state index is 13.4. The van der Waals surface area contributed by atoms with Gasteiger partial charge in [0, 0.05) is 22.8 Å². The summed E-state index contributed by atoms with van der Waals surface area (Å²) in [7, 11) is 0. The minimum atomic E-state index is -0.889. The smallest absolute Gasteiger partial charge is 0.159 e. The number of imidazole rings is 1. The third-order valence-electron chi connectivity index (χ3n) is 3.81. The molecule has 24 heavy (non-hydrogen) atoms. The number of halogens is 2. The van der Waals surface area contributed by atoms with Crippen molar-refractivity contribution in [2.75, 3.05) is 0 Å². The molecule has 0 saturated heterocycles. The summed E-state index contributed by atoms with van der Waals surface area (Å²) in [5.41, 5.74) is 3.84. The van der Waals surface area contributed by atoms with Gasteiger partial charge in [-0.15, -0.1) is 11.3 Å². The van der Waals surface area contributed by atoms with Crippen LogP contribution in [0.5, 0.6) is 0 Å². The molecule has 6 heteroatoms. The van der Waals surface area contributed by atoms with Gasteiger partial charge in [0.05, 0.1) is 12.3 Å². The zero-order valence-electron chi connectivity index (χ0n) is 12.4. The first-order chi connectivity index (χ1) is 11.6. The summed E-state index contributed by atoms with van der Waals surface area (Å²) in [6, 6.07) is 9.51. The van der Waals surface area contributed by atoms with Crippen LogP contribution in [0.25, 0.3) is 28.0 Å². The molecule has 0 aliphatic heterocycles. The van der Waals surface area contributed by atoms with E-state index in [2.05, 4.69) is 4.98 Å². The van der Waals surface area contributed by atoms with Crippen molar-refractivity contribution in [1.29, 1.82) is 0 Å². The molecule has 0 fully saturated rings. The van der Waals surface area contributed by atoms with E-state index in [0.717, 1.165) is 33.8 Å². The molecule has 3 nitrogen and oxygen atoms in total. The number of hydrogen-bond acceptors (Lipinski definition) is 3. The normalized spacial score (nSPS) is 11.3. The Morgan fingerprint density at radius 1 is 0.958 bits per heavy atom. The van der Waals surface area contributed by atoms with E-state index in [0.29, 0.717) is 11.3 Å². The van der Waals surface area contributed by atoms with Crippen molar-refractivity contribution in [3.05, 3.63) is 70.7 Å². The highest BCUT2D eigenvalue weighted by molar-refractivity contribution is 7.10. The molecule has 1 N–H and O–H groups in total. The first kappa shape index (κ1) is 15.0. The monoisotopic (exact) mass is 342 g/mol. The van der Waals surface area contributed by atoms with E-state index in [1.54, 1.807) is 6.20 Å². The third-order valence-corrected chi connectivity index (χ3v) is 4.73. The molecule has 0 radical (unpaired) electrons. The van der Waals surface area contributed by atoms with Crippen molar-refractivity contribution >= 4 is 17.0 Å². The third kappa shape index (κ3) is 2.60. The average molecular weight is 342 g/mol. The van der Waals surface area contributed by atoms with Gasteiger partial charge in [-0.05, 0) is 52.9 Å².